The predicted molar refractivity (Wildman–Crippen MR) is 84.5 cm³/mol. The predicted octanol–water partition coefficient (Wildman–Crippen LogP) is 3.49. The molecule has 0 bridgehead atoms. The van der Waals surface area contributed by atoms with E-state index in [-0.39, 0.29) is 11.7 Å². The van der Waals surface area contributed by atoms with E-state index in [9.17, 15) is 5.11 Å². The summed E-state index contributed by atoms with van der Waals surface area (Å²) in [5, 5.41) is 11.8. The van der Waals surface area contributed by atoms with Gasteiger partial charge >= 0.3 is 0 Å². The lowest BCUT2D eigenvalue weighted by Crippen LogP contribution is -2.44. The van der Waals surface area contributed by atoms with Gasteiger partial charge in [0.2, 0.25) is 0 Å². The van der Waals surface area contributed by atoms with Crippen molar-refractivity contribution in [2.24, 2.45) is 5.92 Å². The summed E-state index contributed by atoms with van der Waals surface area (Å²) in [4.78, 5) is 5.52. The number of aromatic nitrogens is 1. The van der Waals surface area contributed by atoms with Crippen molar-refractivity contribution in [2.45, 2.75) is 51.2 Å². The number of ether oxygens (including phenoxy) is 1. The van der Waals surface area contributed by atoms with E-state index in [1.807, 2.05) is 25.6 Å². The third-order valence-electron chi connectivity index (χ3n) is 4.59. The van der Waals surface area contributed by atoms with E-state index in [1.54, 1.807) is 11.3 Å². The number of aryl methyl sites for hydroxylation is 2. The second-order valence-electron chi connectivity index (χ2n) is 6.02. The Kier molecular flexibility index (Phi) is 4.41. The van der Waals surface area contributed by atoms with E-state index in [0.29, 0.717) is 5.92 Å². The van der Waals surface area contributed by atoms with Crippen molar-refractivity contribution in [1.82, 2.24) is 4.98 Å². The molecular formula is C15H23NO2S2. The molecule has 0 amide bonds. The fourth-order valence-corrected chi connectivity index (χ4v) is 5.71. The van der Waals surface area contributed by atoms with Crippen LogP contribution in [0.15, 0.2) is 0 Å². The normalized spacial score (nSPS) is 27.6. The molecule has 2 aliphatic rings. The third-order valence-corrected chi connectivity index (χ3v) is 6.72. The molecule has 20 heavy (non-hydrogen) atoms. The molecular weight excluding hydrogens is 290 g/mol. The van der Waals surface area contributed by atoms with Crippen LogP contribution in [-0.2, 0) is 4.74 Å². The summed E-state index contributed by atoms with van der Waals surface area (Å²) in [5.41, 5.74) is 1.04. The summed E-state index contributed by atoms with van der Waals surface area (Å²) in [6.07, 6.45) is 3.89. The summed E-state index contributed by atoms with van der Waals surface area (Å²) in [7, 11) is 0. The van der Waals surface area contributed by atoms with Crippen molar-refractivity contribution in [3.8, 4) is 0 Å². The Labute approximate surface area is 129 Å². The molecule has 0 aliphatic carbocycles. The fourth-order valence-electron chi connectivity index (χ4n) is 3.46. The maximum absolute atomic E-state index is 10.8. The van der Waals surface area contributed by atoms with Gasteiger partial charge in [0.05, 0.1) is 27.3 Å². The summed E-state index contributed by atoms with van der Waals surface area (Å²) in [6.45, 7) is 4.81. The highest BCUT2D eigenvalue weighted by atomic mass is 32.2. The number of aliphatic hydroxyl groups excluding tert-OH is 1. The van der Waals surface area contributed by atoms with Crippen molar-refractivity contribution in [1.29, 1.82) is 0 Å². The molecule has 0 saturated carbocycles. The molecule has 3 nitrogen and oxygen atoms in total. The molecule has 112 valence electrons. The molecule has 3 rings (SSSR count). The second kappa shape index (κ2) is 5.95. The molecule has 0 aromatic carbocycles. The topological polar surface area (TPSA) is 42.4 Å². The molecule has 2 atom stereocenters. The Morgan fingerprint density at radius 3 is 2.75 bits per heavy atom. The smallest absolute Gasteiger partial charge is 0.0930 e. The second-order valence-corrected chi connectivity index (χ2v) is 8.48. The Morgan fingerprint density at radius 1 is 1.35 bits per heavy atom. The number of aliphatic hydroxyl groups is 1. The van der Waals surface area contributed by atoms with Gasteiger partial charge < -0.3 is 9.84 Å². The minimum atomic E-state index is -0.364. The Bertz CT molecular complexity index is 463. The monoisotopic (exact) mass is 313 g/mol. The minimum Gasteiger partial charge on any atom is -0.387 e. The molecule has 0 radical (unpaired) electrons. The SMILES string of the molecule is Cc1nc(C)c(C(O)C2CCOC3(CCSCC3)C2)s1. The summed E-state index contributed by atoms with van der Waals surface area (Å²) in [6, 6.07) is 0. The van der Waals surface area contributed by atoms with Gasteiger partial charge in [-0.3, -0.25) is 0 Å². The summed E-state index contributed by atoms with van der Waals surface area (Å²) < 4.78 is 6.12. The van der Waals surface area contributed by atoms with Crippen molar-refractivity contribution < 1.29 is 9.84 Å². The van der Waals surface area contributed by atoms with Gasteiger partial charge in [0.15, 0.2) is 0 Å². The maximum Gasteiger partial charge on any atom is 0.0930 e. The zero-order chi connectivity index (χ0) is 14.2. The number of hydrogen-bond donors (Lipinski definition) is 1. The van der Waals surface area contributed by atoms with Crippen LogP contribution in [0.4, 0.5) is 0 Å². The van der Waals surface area contributed by atoms with Crippen LogP contribution >= 0.6 is 23.1 Å². The maximum atomic E-state index is 10.8. The molecule has 1 spiro atoms. The number of thiazole rings is 1. The lowest BCUT2D eigenvalue weighted by molar-refractivity contribution is -0.121. The van der Waals surface area contributed by atoms with Gasteiger partial charge in [-0.2, -0.15) is 11.8 Å². The highest BCUT2D eigenvalue weighted by Crippen LogP contribution is 2.44. The molecule has 5 heteroatoms. The summed E-state index contributed by atoms with van der Waals surface area (Å²) in [5.74, 6) is 2.72. The molecule has 2 saturated heterocycles. The van der Waals surface area contributed by atoms with E-state index in [0.717, 1.165) is 47.9 Å². The first-order valence-electron chi connectivity index (χ1n) is 7.43. The standard InChI is InChI=1S/C15H23NO2S2/c1-10-14(20-11(2)16-10)13(17)12-3-6-18-15(9-12)4-7-19-8-5-15/h12-13,17H,3-9H2,1-2H3. The van der Waals surface area contributed by atoms with Crippen molar-refractivity contribution in [3.63, 3.8) is 0 Å². The molecule has 1 aromatic heterocycles. The van der Waals surface area contributed by atoms with Crippen molar-refractivity contribution >= 4 is 23.1 Å². The number of nitrogens with zero attached hydrogens (tertiary/aromatic N) is 1. The van der Waals surface area contributed by atoms with E-state index >= 15 is 0 Å². The largest absolute Gasteiger partial charge is 0.387 e. The van der Waals surface area contributed by atoms with Crippen LogP contribution in [0, 0.1) is 19.8 Å². The van der Waals surface area contributed by atoms with Crippen LogP contribution in [0.25, 0.3) is 0 Å². The first kappa shape index (κ1) is 14.8. The third kappa shape index (κ3) is 2.91. The van der Waals surface area contributed by atoms with Crippen LogP contribution in [0.5, 0.6) is 0 Å². The summed E-state index contributed by atoms with van der Waals surface area (Å²) >= 11 is 3.67. The first-order valence-corrected chi connectivity index (χ1v) is 9.40. The van der Waals surface area contributed by atoms with E-state index in [2.05, 4.69) is 4.98 Å². The zero-order valence-corrected chi connectivity index (χ0v) is 13.9. The quantitative estimate of drug-likeness (QED) is 0.907. The van der Waals surface area contributed by atoms with Crippen LogP contribution in [0.2, 0.25) is 0 Å². The zero-order valence-electron chi connectivity index (χ0n) is 12.2. The Hall–Kier alpha value is -0.100. The lowest BCUT2D eigenvalue weighted by atomic mass is 9.79. The van der Waals surface area contributed by atoms with E-state index in [4.69, 9.17) is 4.74 Å². The van der Waals surface area contributed by atoms with Gasteiger partial charge in [-0.05, 0) is 57.0 Å². The Balaban J connectivity index is 1.74. The van der Waals surface area contributed by atoms with Crippen LogP contribution in [0.1, 0.15) is 47.4 Å². The molecule has 2 aliphatic heterocycles. The highest BCUT2D eigenvalue weighted by Gasteiger charge is 2.41. The molecule has 1 N–H and O–H groups in total. The highest BCUT2D eigenvalue weighted by molar-refractivity contribution is 7.99. The van der Waals surface area contributed by atoms with Gasteiger partial charge in [-0.1, -0.05) is 0 Å². The number of thioether (sulfide) groups is 1. The van der Waals surface area contributed by atoms with Crippen LogP contribution in [0.3, 0.4) is 0 Å². The van der Waals surface area contributed by atoms with E-state index in [1.165, 1.54) is 11.5 Å². The number of rotatable bonds is 2. The van der Waals surface area contributed by atoms with Crippen molar-refractivity contribution in [2.75, 3.05) is 18.1 Å². The van der Waals surface area contributed by atoms with Gasteiger partial charge in [0, 0.05) is 6.61 Å². The number of hydrogen-bond acceptors (Lipinski definition) is 5. The van der Waals surface area contributed by atoms with Crippen LogP contribution in [-0.4, -0.2) is 33.8 Å². The van der Waals surface area contributed by atoms with Crippen molar-refractivity contribution in [3.05, 3.63) is 15.6 Å². The van der Waals surface area contributed by atoms with Gasteiger partial charge in [-0.15, -0.1) is 11.3 Å². The van der Waals surface area contributed by atoms with Gasteiger partial charge in [-0.25, -0.2) is 4.98 Å². The average molecular weight is 313 g/mol. The average Bonchev–Trinajstić information content (AvgIpc) is 2.78. The van der Waals surface area contributed by atoms with Gasteiger partial charge in [0.25, 0.3) is 0 Å². The Morgan fingerprint density at radius 2 is 2.10 bits per heavy atom. The van der Waals surface area contributed by atoms with Crippen LogP contribution < -0.4 is 0 Å². The molecule has 1 aromatic rings. The lowest BCUT2D eigenvalue weighted by Gasteiger charge is -2.44. The fraction of sp³-hybridized carbons (Fsp3) is 0.800. The molecule has 3 heterocycles. The van der Waals surface area contributed by atoms with E-state index < -0.39 is 0 Å². The molecule has 2 fully saturated rings. The van der Waals surface area contributed by atoms with Gasteiger partial charge in [0.1, 0.15) is 0 Å². The minimum absolute atomic E-state index is 0.0444. The first-order chi connectivity index (χ1) is 9.60. The molecule has 2 unspecified atom stereocenters.